The Kier molecular flexibility index (Phi) is 30.5. The van der Waals surface area contributed by atoms with E-state index in [1.165, 1.54) is 13.8 Å². The van der Waals surface area contributed by atoms with Gasteiger partial charge in [-0.2, -0.15) is 0 Å². The van der Waals surface area contributed by atoms with Gasteiger partial charge in [0.25, 0.3) is 6.29 Å². The van der Waals surface area contributed by atoms with Crippen molar-refractivity contribution in [3.05, 3.63) is 12.7 Å². The van der Waals surface area contributed by atoms with Crippen LogP contribution >= 0.6 is 0 Å². The molecular formula is C62H108O37. The Morgan fingerprint density at radius 1 is 0.505 bits per heavy atom. The number of carbonyl (C=O) groups is 1. The van der Waals surface area contributed by atoms with Gasteiger partial charge in [0.2, 0.25) is 18.9 Å². The van der Waals surface area contributed by atoms with Crippen LogP contribution in [0.25, 0.3) is 0 Å². The number of ether oxygens (including phenoxy) is 14. The van der Waals surface area contributed by atoms with Crippen LogP contribution in [0.15, 0.2) is 12.7 Å². The second kappa shape index (κ2) is 35.9. The predicted octanol–water partition coefficient (Wildman–Crippen LogP) is -9.28. The second-order valence-electron chi connectivity index (χ2n) is 28.1. The smallest absolute Gasteiger partial charge is 0.314 e. The zero-order chi connectivity index (χ0) is 73.7. The molecule has 22 N–H and O–H groups in total. The molecule has 0 spiro atoms. The van der Waals surface area contributed by atoms with Crippen LogP contribution in [0.1, 0.15) is 87.0 Å². The molecule has 7 rings (SSSR count). The average molecular weight is 1450 g/mol. The van der Waals surface area contributed by atoms with E-state index in [2.05, 4.69) is 6.58 Å². The quantitative estimate of drug-likeness (QED) is 0.0169. The van der Waals surface area contributed by atoms with Crippen molar-refractivity contribution < 1.29 is 183 Å². The summed E-state index contributed by atoms with van der Waals surface area (Å²) in [6, 6.07) is 0. The van der Waals surface area contributed by atoms with E-state index in [0.29, 0.717) is 0 Å². The lowest BCUT2D eigenvalue weighted by Gasteiger charge is -2.62. The van der Waals surface area contributed by atoms with Gasteiger partial charge in [-0.05, 0) is 75.5 Å². The Labute approximate surface area is 570 Å². The highest BCUT2D eigenvalue weighted by atomic mass is 16.9. The minimum Gasteiger partial charge on any atom is -0.430 e. The fourth-order valence-electron chi connectivity index (χ4n) is 14.8. The Hall–Kier alpha value is -2.19. The number of hydrogen-bond donors (Lipinski definition) is 22. The molecule has 5 heterocycles. The molecule has 0 aromatic heterocycles. The highest BCUT2D eigenvalue weighted by Crippen LogP contribution is 2.64. The topological polar surface area (TPSA) is 591 Å². The van der Waals surface area contributed by atoms with Crippen molar-refractivity contribution in [3.8, 4) is 0 Å². The summed E-state index contributed by atoms with van der Waals surface area (Å²) in [6.45, 7) is 8.58. The SMILES string of the molecule is C=CC[C@@]1(C)CCC2[C@](C)(C(=O)OC(OC(CO)C(C)O)C(OC(OC(CO)C(C)O)C(O)O)OC3OC(CO)C(O)C(O)C3O)CCC[C@@]2(C)[C@@H]1OC1C(OC2C(C(C)C)OC(CO)C(O)C2OC2OC(COC3OC(CO)C(O)C(O)C3O)C(O)C(O)C2O)OC(CO)C(O)C1O. The van der Waals surface area contributed by atoms with Crippen molar-refractivity contribution in [1.82, 2.24) is 0 Å². The molecule has 0 bridgehead atoms. The summed E-state index contributed by atoms with van der Waals surface area (Å²) in [5.74, 6) is -2.60. The number of aliphatic hydroxyl groups excluding tert-OH is 21. The van der Waals surface area contributed by atoms with Crippen LogP contribution in [-0.4, -0.2) is 374 Å². The van der Waals surface area contributed by atoms with Gasteiger partial charge in [-0.1, -0.05) is 40.2 Å². The van der Waals surface area contributed by atoms with Crippen LogP contribution in [0, 0.1) is 28.1 Å². The summed E-state index contributed by atoms with van der Waals surface area (Å²) in [7, 11) is 0. The monoisotopic (exact) mass is 1440 g/mol. The van der Waals surface area contributed by atoms with Gasteiger partial charge >= 0.3 is 5.97 Å². The van der Waals surface area contributed by atoms with E-state index < -0.39 is 289 Å². The zero-order valence-corrected chi connectivity index (χ0v) is 56.2. The van der Waals surface area contributed by atoms with E-state index in [9.17, 15) is 112 Å². The van der Waals surface area contributed by atoms with Crippen LogP contribution in [0.4, 0.5) is 0 Å². The van der Waals surface area contributed by atoms with Gasteiger partial charge in [0, 0.05) is 0 Å². The summed E-state index contributed by atoms with van der Waals surface area (Å²) < 4.78 is 84.9. The first-order chi connectivity index (χ1) is 46.6. The number of rotatable bonds is 32. The molecule has 37 nitrogen and oxygen atoms in total. The van der Waals surface area contributed by atoms with Crippen molar-refractivity contribution in [2.24, 2.45) is 28.1 Å². The average Bonchev–Trinajstić information content (AvgIpc) is 0.718. The molecule has 578 valence electrons. The molecule has 7 fully saturated rings. The lowest BCUT2D eigenvalue weighted by Crippen LogP contribution is -2.69. The first-order valence-corrected chi connectivity index (χ1v) is 33.4. The first kappa shape index (κ1) is 84.1. The maximum atomic E-state index is 15.7. The largest absolute Gasteiger partial charge is 0.430 e. The third-order valence-corrected chi connectivity index (χ3v) is 20.6. The molecule has 5 saturated heterocycles. The third kappa shape index (κ3) is 18.3. The van der Waals surface area contributed by atoms with Crippen LogP contribution in [0.2, 0.25) is 0 Å². The lowest BCUT2D eigenvalue weighted by molar-refractivity contribution is -0.409. The molecule has 5 aliphatic heterocycles. The molecule has 0 amide bonds. The summed E-state index contributed by atoms with van der Waals surface area (Å²) in [6.07, 6.45) is -60.8. The molecule has 37 heteroatoms. The van der Waals surface area contributed by atoms with Crippen molar-refractivity contribution in [2.75, 3.05) is 46.2 Å². The van der Waals surface area contributed by atoms with Gasteiger partial charge in [0.15, 0.2) is 25.2 Å². The molecule has 0 aromatic rings. The summed E-state index contributed by atoms with van der Waals surface area (Å²) >= 11 is 0. The standard InChI is InChI=1S/C62H108O37/c1-9-12-60(6)15-11-33-61(7,13-10-14-62(33,8)59(85)99-56(89-27(17-64)25(5)70)57(98-55(50(83)84)88-26(16-63)24(4)69)97-53-45(82)40(77)35(72)29(19-66)91-53)58(60)96-48-42(79)36(73)30(20-67)92-54(48)95-49-46(23(2)3)87-31(21-68)38(75)47(49)94-52-44(81)41(78)37(74)32(93-52)22-86-51-43(80)39(76)34(71)28(18-65)90-51/h9,23-58,63-84H,1,10-22H2,2-8H3/t24?,25?,26?,27?,28?,29?,30?,31?,32?,33?,34?,35?,36?,37?,38?,39?,40?,41?,42?,43?,44?,45?,46?,47?,48?,49?,51?,52?,53?,54?,55?,56?,57?,58-,60+,61-,62-/m1/s1. The Bertz CT molecular complexity index is 2450. The molecule has 2 aliphatic carbocycles. The molecule has 37 atom stereocenters. The van der Waals surface area contributed by atoms with Crippen LogP contribution in [0.5, 0.6) is 0 Å². The molecule has 2 saturated carbocycles. The first-order valence-electron chi connectivity index (χ1n) is 33.4. The predicted molar refractivity (Wildman–Crippen MR) is 324 cm³/mol. The maximum absolute atomic E-state index is 15.7. The van der Waals surface area contributed by atoms with Gasteiger partial charge in [-0.3, -0.25) is 4.79 Å². The number of carbonyl (C=O) groups excluding carboxylic acids is 1. The summed E-state index contributed by atoms with van der Waals surface area (Å²) in [5, 5.41) is 238. The van der Waals surface area contributed by atoms with Crippen molar-refractivity contribution >= 4 is 5.97 Å². The fraction of sp³-hybridized carbons (Fsp3) is 0.952. The van der Waals surface area contributed by atoms with Crippen molar-refractivity contribution in [3.63, 3.8) is 0 Å². The van der Waals surface area contributed by atoms with E-state index in [-0.39, 0.29) is 38.5 Å². The minimum absolute atomic E-state index is 0.0340. The normalized spacial score (nSPS) is 45.3. The van der Waals surface area contributed by atoms with Crippen LogP contribution in [-0.2, 0) is 71.1 Å². The third-order valence-electron chi connectivity index (χ3n) is 20.6. The van der Waals surface area contributed by atoms with Gasteiger partial charge < -0.3 is 179 Å². The summed E-state index contributed by atoms with van der Waals surface area (Å²) in [4.78, 5) is 15.7. The van der Waals surface area contributed by atoms with Gasteiger partial charge in [0.05, 0.1) is 76.1 Å². The van der Waals surface area contributed by atoms with Crippen molar-refractivity contribution in [2.45, 2.75) is 296 Å². The Balaban J connectivity index is 1.25. The van der Waals surface area contributed by atoms with Gasteiger partial charge in [0.1, 0.15) is 134 Å². The summed E-state index contributed by atoms with van der Waals surface area (Å²) in [5.41, 5.74) is -3.93. The number of fused-ring (bicyclic) bond motifs is 1. The molecular weight excluding hydrogens is 1340 g/mol. The van der Waals surface area contributed by atoms with E-state index in [4.69, 9.17) is 66.3 Å². The number of esters is 1. The van der Waals surface area contributed by atoms with E-state index in [1.54, 1.807) is 33.8 Å². The van der Waals surface area contributed by atoms with Gasteiger partial charge in [-0.25, -0.2) is 0 Å². The zero-order valence-electron chi connectivity index (χ0n) is 56.2. The minimum atomic E-state index is -2.70. The van der Waals surface area contributed by atoms with E-state index in [1.807, 2.05) is 6.92 Å². The highest BCUT2D eigenvalue weighted by Gasteiger charge is 2.65. The highest BCUT2D eigenvalue weighted by molar-refractivity contribution is 5.77. The maximum Gasteiger partial charge on any atom is 0.314 e. The molecule has 0 radical (unpaired) electrons. The lowest BCUT2D eigenvalue weighted by atomic mass is 9.45. The fourth-order valence-corrected chi connectivity index (χ4v) is 14.8. The van der Waals surface area contributed by atoms with Gasteiger partial charge in [-0.15, -0.1) is 6.58 Å². The molecule has 99 heavy (non-hydrogen) atoms. The van der Waals surface area contributed by atoms with E-state index in [0.717, 1.165) is 0 Å². The van der Waals surface area contributed by atoms with E-state index >= 15 is 4.79 Å². The number of allylic oxidation sites excluding steroid dienone is 1. The Morgan fingerprint density at radius 2 is 0.980 bits per heavy atom. The van der Waals surface area contributed by atoms with Crippen LogP contribution < -0.4 is 0 Å². The molecule has 33 unspecified atom stereocenters. The second-order valence-corrected chi connectivity index (χ2v) is 28.1. The number of hydrogen-bond acceptors (Lipinski definition) is 37. The molecule has 7 aliphatic rings. The Morgan fingerprint density at radius 3 is 1.49 bits per heavy atom. The molecule has 0 aromatic carbocycles. The van der Waals surface area contributed by atoms with Crippen LogP contribution in [0.3, 0.4) is 0 Å². The number of aliphatic hydroxyl groups is 22. The van der Waals surface area contributed by atoms with Crippen molar-refractivity contribution in [1.29, 1.82) is 0 Å².